The lowest BCUT2D eigenvalue weighted by Crippen LogP contribution is -2.55. The van der Waals surface area contributed by atoms with E-state index in [1.165, 1.54) is 6.92 Å². The summed E-state index contributed by atoms with van der Waals surface area (Å²) in [6.07, 6.45) is -3.72. The number of esters is 3. The van der Waals surface area contributed by atoms with E-state index in [1.807, 2.05) is 0 Å². The molecule has 1 unspecified atom stereocenters. The molecule has 12 heteroatoms. The van der Waals surface area contributed by atoms with Gasteiger partial charge in [0.05, 0.1) is 10.2 Å². The molecule has 2 aromatic rings. The van der Waals surface area contributed by atoms with Crippen molar-refractivity contribution in [1.82, 2.24) is 4.98 Å². The van der Waals surface area contributed by atoms with Gasteiger partial charge in [-0.15, -0.1) is 11.3 Å². The number of hydrogen-bond donors (Lipinski definition) is 0. The molecule has 0 spiro atoms. The van der Waals surface area contributed by atoms with Gasteiger partial charge >= 0.3 is 17.9 Å². The van der Waals surface area contributed by atoms with Crippen LogP contribution in [0.25, 0.3) is 10.2 Å². The van der Waals surface area contributed by atoms with Crippen LogP contribution < -0.4 is 0 Å². The van der Waals surface area contributed by atoms with Crippen molar-refractivity contribution >= 4 is 49.3 Å². The average molecular weight is 472 g/mol. The highest BCUT2D eigenvalue weighted by molar-refractivity contribution is 7.93. The molecule has 1 aliphatic heterocycles. The van der Waals surface area contributed by atoms with E-state index in [2.05, 4.69) is 4.98 Å². The second-order valence-electron chi connectivity index (χ2n) is 6.86. The first-order chi connectivity index (χ1) is 14.6. The molecule has 1 fully saturated rings. The predicted molar refractivity (Wildman–Crippen MR) is 108 cm³/mol. The summed E-state index contributed by atoms with van der Waals surface area (Å²) in [6, 6.07) is 6.94. The van der Waals surface area contributed by atoms with Gasteiger partial charge in [0.15, 0.2) is 11.5 Å². The minimum Gasteiger partial charge on any atom is -0.463 e. The summed E-state index contributed by atoms with van der Waals surface area (Å²) in [5.74, 6) is -2.01. The Hall–Kier alpha value is -2.57. The van der Waals surface area contributed by atoms with E-state index in [0.717, 1.165) is 25.2 Å². The summed E-state index contributed by atoms with van der Waals surface area (Å²) < 4.78 is 48.2. The zero-order chi connectivity index (χ0) is 22.8. The summed E-state index contributed by atoms with van der Waals surface area (Å²) in [5.41, 5.74) is -0.933. The van der Waals surface area contributed by atoms with Crippen molar-refractivity contribution in [2.24, 2.45) is 0 Å². The lowest BCUT2D eigenvalue weighted by atomic mass is 10.0. The van der Waals surface area contributed by atoms with Crippen LogP contribution in [0, 0.1) is 0 Å². The third-order valence-corrected chi connectivity index (χ3v) is 7.77. The molecule has 1 aliphatic rings. The number of hydrogen-bond acceptors (Lipinski definition) is 11. The molecule has 10 nitrogen and oxygen atoms in total. The van der Waals surface area contributed by atoms with Crippen molar-refractivity contribution in [2.45, 2.75) is 55.3 Å². The van der Waals surface area contributed by atoms with Crippen LogP contribution in [0.3, 0.4) is 0 Å². The Morgan fingerprint density at radius 1 is 1.10 bits per heavy atom. The Kier molecular flexibility index (Phi) is 6.92. The molecule has 1 aromatic carbocycles. The SMILES string of the molecule is CC(=O)OC[C@H]1OC(S(=O)(=O)c2nc3ccccc3s2)C[C@@H](OC(C)=O)[C@@H]1OC(C)=O. The smallest absolute Gasteiger partial charge is 0.303 e. The monoisotopic (exact) mass is 471 g/mol. The fraction of sp³-hybridized carbons (Fsp3) is 0.474. The van der Waals surface area contributed by atoms with Crippen molar-refractivity contribution in [3.63, 3.8) is 0 Å². The van der Waals surface area contributed by atoms with Crippen LogP contribution in [-0.2, 0) is 43.2 Å². The first-order valence-electron chi connectivity index (χ1n) is 9.30. The number of ether oxygens (including phenoxy) is 4. The van der Waals surface area contributed by atoms with Crippen LogP contribution in [0.15, 0.2) is 28.6 Å². The van der Waals surface area contributed by atoms with Crippen molar-refractivity contribution in [2.75, 3.05) is 6.61 Å². The summed E-state index contributed by atoms with van der Waals surface area (Å²) in [5, 5.41) is 0. The van der Waals surface area contributed by atoms with Gasteiger partial charge in [0, 0.05) is 27.2 Å². The number of para-hydroxylation sites is 1. The highest BCUT2D eigenvalue weighted by atomic mass is 32.2. The van der Waals surface area contributed by atoms with Crippen molar-refractivity contribution in [1.29, 1.82) is 0 Å². The topological polar surface area (TPSA) is 135 Å². The largest absolute Gasteiger partial charge is 0.463 e. The molecule has 0 radical (unpaired) electrons. The number of fused-ring (bicyclic) bond motifs is 1. The number of rotatable bonds is 6. The van der Waals surface area contributed by atoms with Gasteiger partial charge < -0.3 is 18.9 Å². The molecule has 0 bridgehead atoms. The minimum atomic E-state index is -4.10. The zero-order valence-electron chi connectivity index (χ0n) is 17.0. The van der Waals surface area contributed by atoms with Crippen molar-refractivity contribution in [3.8, 4) is 0 Å². The molecule has 168 valence electrons. The van der Waals surface area contributed by atoms with Gasteiger partial charge in [-0.3, -0.25) is 14.4 Å². The maximum absolute atomic E-state index is 13.3. The second-order valence-corrected chi connectivity index (χ2v) is 10.1. The number of carbonyl (C=O) groups is 3. The van der Waals surface area contributed by atoms with Gasteiger partial charge in [-0.05, 0) is 12.1 Å². The number of sulfone groups is 1. The normalized spacial score (nSPS) is 23.8. The molecule has 0 aliphatic carbocycles. The van der Waals surface area contributed by atoms with Crippen LogP contribution >= 0.6 is 11.3 Å². The van der Waals surface area contributed by atoms with Crippen LogP contribution in [0.1, 0.15) is 27.2 Å². The molecule has 31 heavy (non-hydrogen) atoms. The van der Waals surface area contributed by atoms with E-state index in [9.17, 15) is 22.8 Å². The molecule has 1 aromatic heterocycles. The molecule has 2 heterocycles. The number of carbonyl (C=O) groups excluding carboxylic acids is 3. The summed E-state index contributed by atoms with van der Waals surface area (Å²) in [7, 11) is -4.10. The predicted octanol–water partition coefficient (Wildman–Crippen LogP) is 1.61. The molecular formula is C19H21NO9S2. The second kappa shape index (κ2) is 9.28. The Bertz CT molecular complexity index is 1060. The van der Waals surface area contributed by atoms with E-state index in [-0.39, 0.29) is 10.8 Å². The summed E-state index contributed by atoms with van der Waals surface area (Å²) in [6.45, 7) is 3.08. The van der Waals surface area contributed by atoms with E-state index < -0.39 is 58.1 Å². The van der Waals surface area contributed by atoms with Crippen LogP contribution in [0.4, 0.5) is 0 Å². The number of aromatic nitrogens is 1. The molecule has 0 saturated carbocycles. The maximum Gasteiger partial charge on any atom is 0.303 e. The molecule has 3 rings (SSSR count). The standard InChI is InChI=1S/C19H21NO9S2/c1-10(21)26-9-15-18(28-12(3)23)14(27-11(2)22)8-17(29-15)31(24,25)19-20-13-6-4-5-7-16(13)30-19/h4-7,14-15,17-18H,8-9H2,1-3H3/t14-,15-,17?,18+/m1/s1. The van der Waals surface area contributed by atoms with Gasteiger partial charge in [0.2, 0.25) is 14.2 Å². The Morgan fingerprint density at radius 3 is 2.39 bits per heavy atom. The molecule has 4 atom stereocenters. The van der Waals surface area contributed by atoms with E-state index in [4.69, 9.17) is 18.9 Å². The zero-order valence-corrected chi connectivity index (χ0v) is 18.6. The maximum atomic E-state index is 13.3. The lowest BCUT2D eigenvalue weighted by molar-refractivity contribution is -0.205. The van der Waals surface area contributed by atoms with Gasteiger partial charge in [0.1, 0.15) is 18.8 Å². The number of nitrogens with zero attached hydrogens (tertiary/aromatic N) is 1. The summed E-state index contributed by atoms with van der Waals surface area (Å²) >= 11 is 0.986. The number of thiazole rings is 1. The van der Waals surface area contributed by atoms with Crippen LogP contribution in [-0.4, -0.2) is 61.7 Å². The quantitative estimate of drug-likeness (QED) is 0.451. The molecule has 0 N–H and O–H groups in total. The average Bonchev–Trinajstić information content (AvgIpc) is 3.12. The third kappa shape index (κ3) is 5.38. The number of benzene rings is 1. The fourth-order valence-corrected chi connectivity index (χ4v) is 6.12. The van der Waals surface area contributed by atoms with Gasteiger partial charge in [-0.2, -0.15) is 0 Å². The Balaban J connectivity index is 1.95. The van der Waals surface area contributed by atoms with E-state index in [1.54, 1.807) is 24.3 Å². The Labute approximate surface area is 182 Å². The highest BCUT2D eigenvalue weighted by Crippen LogP contribution is 2.34. The molecular weight excluding hydrogens is 450 g/mol. The fourth-order valence-electron chi connectivity index (χ4n) is 3.18. The Morgan fingerprint density at radius 2 is 1.77 bits per heavy atom. The van der Waals surface area contributed by atoms with Crippen LogP contribution in [0.2, 0.25) is 0 Å². The van der Waals surface area contributed by atoms with Gasteiger partial charge in [-0.25, -0.2) is 13.4 Å². The van der Waals surface area contributed by atoms with Crippen LogP contribution in [0.5, 0.6) is 0 Å². The minimum absolute atomic E-state index is 0.155. The highest BCUT2D eigenvalue weighted by Gasteiger charge is 2.48. The first kappa shape index (κ1) is 23.1. The third-order valence-electron chi connectivity index (χ3n) is 4.42. The van der Waals surface area contributed by atoms with E-state index >= 15 is 0 Å². The van der Waals surface area contributed by atoms with E-state index in [0.29, 0.717) is 10.2 Å². The van der Waals surface area contributed by atoms with Gasteiger partial charge in [-0.1, -0.05) is 12.1 Å². The lowest BCUT2D eigenvalue weighted by Gasteiger charge is -2.39. The van der Waals surface area contributed by atoms with Crippen molar-refractivity contribution < 1.29 is 41.7 Å². The molecule has 0 amide bonds. The summed E-state index contributed by atoms with van der Waals surface area (Å²) in [4.78, 5) is 38.6. The molecule has 1 saturated heterocycles. The van der Waals surface area contributed by atoms with Crippen molar-refractivity contribution in [3.05, 3.63) is 24.3 Å². The van der Waals surface area contributed by atoms with Gasteiger partial charge in [0.25, 0.3) is 0 Å². The first-order valence-corrected chi connectivity index (χ1v) is 11.7.